The van der Waals surface area contributed by atoms with Crippen molar-refractivity contribution in [2.24, 2.45) is 0 Å². The Labute approximate surface area is 137 Å². The second-order valence-corrected chi connectivity index (χ2v) is 6.24. The molecule has 0 aliphatic heterocycles. The first-order chi connectivity index (χ1) is 11.1. The number of anilines is 1. The number of benzene rings is 2. The molecule has 120 valence electrons. The van der Waals surface area contributed by atoms with Gasteiger partial charge in [-0.15, -0.1) is 0 Å². The summed E-state index contributed by atoms with van der Waals surface area (Å²) in [5.41, 5.74) is 5.97. The van der Waals surface area contributed by atoms with E-state index in [9.17, 15) is 5.11 Å². The van der Waals surface area contributed by atoms with Crippen LogP contribution in [-0.2, 0) is 6.54 Å². The zero-order valence-electron chi connectivity index (χ0n) is 14.0. The van der Waals surface area contributed by atoms with Gasteiger partial charge in [-0.2, -0.15) is 0 Å². The number of nitrogens with zero attached hydrogens (tertiary/aromatic N) is 1. The lowest BCUT2D eigenvalue weighted by Gasteiger charge is -2.16. The molecule has 0 spiro atoms. The van der Waals surface area contributed by atoms with Gasteiger partial charge < -0.3 is 15.0 Å². The smallest absolute Gasteiger partial charge is 0.0891 e. The first-order valence-corrected chi connectivity index (χ1v) is 8.09. The van der Waals surface area contributed by atoms with Gasteiger partial charge in [0.05, 0.1) is 12.6 Å². The van der Waals surface area contributed by atoms with E-state index in [4.69, 9.17) is 0 Å². The van der Waals surface area contributed by atoms with Crippen LogP contribution in [0, 0.1) is 20.8 Å². The van der Waals surface area contributed by atoms with E-state index in [0.29, 0.717) is 13.1 Å². The molecular formula is C20H24N2O. The second-order valence-electron chi connectivity index (χ2n) is 6.24. The molecule has 0 radical (unpaired) electrons. The van der Waals surface area contributed by atoms with Crippen LogP contribution in [0.15, 0.2) is 48.5 Å². The van der Waals surface area contributed by atoms with Crippen molar-refractivity contribution in [2.75, 3.05) is 11.9 Å². The highest BCUT2D eigenvalue weighted by molar-refractivity contribution is 5.85. The third kappa shape index (κ3) is 3.25. The van der Waals surface area contributed by atoms with Gasteiger partial charge in [0.25, 0.3) is 0 Å². The number of para-hydroxylation sites is 1. The summed E-state index contributed by atoms with van der Waals surface area (Å²) in [6.45, 7) is 7.47. The topological polar surface area (TPSA) is 37.2 Å². The second kappa shape index (κ2) is 6.47. The van der Waals surface area contributed by atoms with Crippen LogP contribution in [0.3, 0.4) is 0 Å². The third-order valence-corrected chi connectivity index (χ3v) is 4.50. The Kier molecular flexibility index (Phi) is 4.39. The maximum absolute atomic E-state index is 10.4. The van der Waals surface area contributed by atoms with Crippen molar-refractivity contribution >= 4 is 16.6 Å². The number of hydrogen-bond donors (Lipinski definition) is 2. The van der Waals surface area contributed by atoms with Crippen molar-refractivity contribution in [1.29, 1.82) is 0 Å². The standard InChI is InChI=1S/C20H24N2O/c1-14-7-6-8-17(11-14)21-12-18(23)13-22-16(3)15(2)19-9-4-5-10-20(19)22/h4-11,18,21,23H,12-13H2,1-3H3. The van der Waals surface area contributed by atoms with Crippen LogP contribution in [-0.4, -0.2) is 22.3 Å². The van der Waals surface area contributed by atoms with Crippen LogP contribution in [0.2, 0.25) is 0 Å². The fourth-order valence-electron chi connectivity index (χ4n) is 3.11. The normalized spacial score (nSPS) is 12.5. The lowest BCUT2D eigenvalue weighted by molar-refractivity contribution is 0.167. The highest BCUT2D eigenvalue weighted by Crippen LogP contribution is 2.25. The third-order valence-electron chi connectivity index (χ3n) is 4.50. The molecule has 0 aliphatic rings. The number of aryl methyl sites for hydroxylation is 2. The molecule has 0 saturated carbocycles. The molecule has 0 amide bonds. The maximum Gasteiger partial charge on any atom is 0.0891 e. The summed E-state index contributed by atoms with van der Waals surface area (Å²) in [6.07, 6.45) is -0.440. The maximum atomic E-state index is 10.4. The number of aliphatic hydroxyl groups is 1. The highest BCUT2D eigenvalue weighted by atomic mass is 16.3. The van der Waals surface area contributed by atoms with Gasteiger partial charge in [-0.1, -0.05) is 30.3 Å². The van der Waals surface area contributed by atoms with Gasteiger partial charge in [0, 0.05) is 28.8 Å². The Bertz CT molecular complexity index is 820. The van der Waals surface area contributed by atoms with E-state index in [1.165, 1.54) is 27.7 Å². The average Bonchev–Trinajstić information content (AvgIpc) is 2.79. The molecule has 1 unspecified atom stereocenters. The van der Waals surface area contributed by atoms with Crippen molar-refractivity contribution in [3.05, 3.63) is 65.4 Å². The van der Waals surface area contributed by atoms with Gasteiger partial charge in [0.2, 0.25) is 0 Å². The van der Waals surface area contributed by atoms with Crippen LogP contribution < -0.4 is 5.32 Å². The fourth-order valence-corrected chi connectivity index (χ4v) is 3.11. The van der Waals surface area contributed by atoms with Crippen LogP contribution in [0.1, 0.15) is 16.8 Å². The van der Waals surface area contributed by atoms with Gasteiger partial charge in [0.1, 0.15) is 0 Å². The molecule has 1 aromatic heterocycles. The van der Waals surface area contributed by atoms with Crippen LogP contribution in [0.4, 0.5) is 5.69 Å². The summed E-state index contributed by atoms with van der Waals surface area (Å²) in [4.78, 5) is 0. The van der Waals surface area contributed by atoms with E-state index >= 15 is 0 Å². The number of rotatable bonds is 5. The van der Waals surface area contributed by atoms with E-state index in [1.807, 2.05) is 12.1 Å². The Morgan fingerprint density at radius 1 is 1.04 bits per heavy atom. The minimum Gasteiger partial charge on any atom is -0.389 e. The van der Waals surface area contributed by atoms with E-state index in [0.717, 1.165) is 5.69 Å². The molecule has 23 heavy (non-hydrogen) atoms. The zero-order valence-corrected chi connectivity index (χ0v) is 14.0. The van der Waals surface area contributed by atoms with Gasteiger partial charge in [-0.3, -0.25) is 0 Å². The highest BCUT2D eigenvalue weighted by Gasteiger charge is 2.13. The van der Waals surface area contributed by atoms with Crippen LogP contribution in [0.5, 0.6) is 0 Å². The van der Waals surface area contributed by atoms with Gasteiger partial charge in [-0.25, -0.2) is 0 Å². The average molecular weight is 308 g/mol. The van der Waals surface area contributed by atoms with Crippen molar-refractivity contribution in [2.45, 2.75) is 33.4 Å². The molecule has 0 bridgehead atoms. The molecule has 3 rings (SSSR count). The Morgan fingerprint density at radius 3 is 2.61 bits per heavy atom. The Morgan fingerprint density at radius 2 is 1.83 bits per heavy atom. The van der Waals surface area contributed by atoms with Crippen molar-refractivity contribution < 1.29 is 5.11 Å². The van der Waals surface area contributed by atoms with Gasteiger partial charge in [-0.05, 0) is 50.1 Å². The summed E-state index contributed by atoms with van der Waals surface area (Å²) in [5.74, 6) is 0. The Balaban J connectivity index is 1.73. The van der Waals surface area contributed by atoms with Crippen molar-refractivity contribution in [3.8, 4) is 0 Å². The molecule has 1 heterocycles. The quantitative estimate of drug-likeness (QED) is 0.746. The lowest BCUT2D eigenvalue weighted by Crippen LogP contribution is -2.25. The zero-order chi connectivity index (χ0) is 16.4. The summed E-state index contributed by atoms with van der Waals surface area (Å²) < 4.78 is 2.22. The van der Waals surface area contributed by atoms with Crippen molar-refractivity contribution in [1.82, 2.24) is 4.57 Å². The van der Waals surface area contributed by atoms with E-state index < -0.39 is 6.10 Å². The molecule has 0 aliphatic carbocycles. The van der Waals surface area contributed by atoms with Crippen LogP contribution in [0.25, 0.3) is 10.9 Å². The van der Waals surface area contributed by atoms with E-state index in [1.54, 1.807) is 0 Å². The minimum absolute atomic E-state index is 0.440. The molecular weight excluding hydrogens is 284 g/mol. The monoisotopic (exact) mass is 308 g/mol. The predicted molar refractivity (Wildman–Crippen MR) is 97.1 cm³/mol. The molecule has 0 saturated heterocycles. The number of aromatic nitrogens is 1. The van der Waals surface area contributed by atoms with Gasteiger partial charge in [0.15, 0.2) is 0 Å². The molecule has 3 aromatic rings. The summed E-state index contributed by atoms with van der Waals surface area (Å²) in [7, 11) is 0. The predicted octanol–water partition coefficient (Wildman–Crippen LogP) is 4.04. The Hall–Kier alpha value is -2.26. The molecule has 3 nitrogen and oxygen atoms in total. The largest absolute Gasteiger partial charge is 0.389 e. The number of hydrogen-bond acceptors (Lipinski definition) is 2. The summed E-state index contributed by atoms with van der Waals surface area (Å²) in [5, 5.41) is 15.0. The first kappa shape index (κ1) is 15.6. The van der Waals surface area contributed by atoms with E-state index in [-0.39, 0.29) is 0 Å². The first-order valence-electron chi connectivity index (χ1n) is 8.09. The van der Waals surface area contributed by atoms with Crippen LogP contribution >= 0.6 is 0 Å². The fraction of sp³-hybridized carbons (Fsp3) is 0.300. The summed E-state index contributed by atoms with van der Waals surface area (Å²) in [6, 6.07) is 16.6. The SMILES string of the molecule is Cc1cccc(NCC(O)Cn2c(C)c(C)c3ccccc32)c1. The number of aliphatic hydroxyl groups excluding tert-OH is 1. The van der Waals surface area contributed by atoms with E-state index in [2.05, 4.69) is 67.1 Å². The molecule has 1 atom stereocenters. The number of fused-ring (bicyclic) bond motifs is 1. The number of nitrogens with one attached hydrogen (secondary N) is 1. The van der Waals surface area contributed by atoms with Gasteiger partial charge >= 0.3 is 0 Å². The van der Waals surface area contributed by atoms with Crippen molar-refractivity contribution in [3.63, 3.8) is 0 Å². The molecule has 3 heteroatoms. The molecule has 2 aromatic carbocycles. The summed E-state index contributed by atoms with van der Waals surface area (Å²) >= 11 is 0. The molecule has 2 N–H and O–H groups in total. The lowest BCUT2D eigenvalue weighted by atomic mass is 10.2. The molecule has 0 fully saturated rings. The minimum atomic E-state index is -0.440.